The van der Waals surface area contributed by atoms with E-state index in [1.54, 1.807) is 18.2 Å². The van der Waals surface area contributed by atoms with Crippen molar-refractivity contribution in [3.63, 3.8) is 0 Å². The van der Waals surface area contributed by atoms with E-state index in [0.717, 1.165) is 27.6 Å². The second-order valence-corrected chi connectivity index (χ2v) is 9.34. The average molecular weight is 514 g/mol. The Balaban J connectivity index is 1.51. The molecule has 0 aliphatic carbocycles. The summed E-state index contributed by atoms with van der Waals surface area (Å²) in [6, 6.07) is 39.7. The van der Waals surface area contributed by atoms with Gasteiger partial charge in [0, 0.05) is 11.5 Å². The number of halogens is 2. The summed E-state index contributed by atoms with van der Waals surface area (Å²) in [4.78, 5) is 0. The Hall–Kier alpha value is -5.03. The van der Waals surface area contributed by atoms with Gasteiger partial charge in [-0.3, -0.25) is 5.10 Å². The molecule has 0 unspecified atom stereocenters. The van der Waals surface area contributed by atoms with Crippen LogP contribution in [-0.4, -0.2) is 10.2 Å². The van der Waals surface area contributed by atoms with Gasteiger partial charge in [-0.1, -0.05) is 109 Å². The van der Waals surface area contributed by atoms with Crippen molar-refractivity contribution in [3.05, 3.63) is 167 Å². The van der Waals surface area contributed by atoms with Gasteiger partial charge in [0.25, 0.3) is 0 Å². The van der Waals surface area contributed by atoms with Crippen LogP contribution in [-0.2, 0) is 5.54 Å². The number of benzene rings is 5. The number of fused-ring (bicyclic) bond motifs is 1. The molecule has 2 N–H and O–H groups in total. The van der Waals surface area contributed by atoms with Gasteiger partial charge in [0.05, 0.1) is 16.9 Å². The predicted molar refractivity (Wildman–Crippen MR) is 154 cm³/mol. The first-order valence-electron chi connectivity index (χ1n) is 12.7. The van der Waals surface area contributed by atoms with Crippen LogP contribution >= 0.6 is 0 Å². The lowest BCUT2D eigenvalue weighted by molar-refractivity contribution is 0.620. The number of nitrogens with one attached hydrogen (secondary N) is 2. The number of hydrogen-bond acceptors (Lipinski definition) is 2. The van der Waals surface area contributed by atoms with Crippen molar-refractivity contribution in [1.82, 2.24) is 10.2 Å². The molecule has 3 nitrogen and oxygen atoms in total. The summed E-state index contributed by atoms with van der Waals surface area (Å²) in [7, 11) is 0. The van der Waals surface area contributed by atoms with Crippen LogP contribution in [0.1, 0.15) is 27.9 Å². The molecular weight excluding hydrogens is 488 g/mol. The molecule has 0 aliphatic rings. The summed E-state index contributed by atoms with van der Waals surface area (Å²) in [6.07, 6.45) is 3.69. The molecule has 0 fully saturated rings. The minimum atomic E-state index is -0.869. The fraction of sp³-hybridized carbons (Fsp3) is 0.0294. The number of rotatable bonds is 7. The highest BCUT2D eigenvalue weighted by molar-refractivity contribution is 5.92. The summed E-state index contributed by atoms with van der Waals surface area (Å²) in [6.45, 7) is 0. The van der Waals surface area contributed by atoms with Crippen molar-refractivity contribution < 1.29 is 8.78 Å². The van der Waals surface area contributed by atoms with Gasteiger partial charge in [-0.2, -0.15) is 5.10 Å². The standard InChI is InChI=1S/C34H25F2N3/c35-28-19-16-24(17-20-28)18-21-31-29-22-33(30(36)23-32(29)39-38-31)37-34(25-10-4-1-5-11-25,26-12-6-2-7-13-26)27-14-8-3-9-15-27/h1-23,37H,(H,38,39). The molecule has 0 radical (unpaired) electrons. The van der Waals surface area contributed by atoms with Crippen molar-refractivity contribution in [2.45, 2.75) is 5.54 Å². The summed E-state index contributed by atoms with van der Waals surface area (Å²) in [5.74, 6) is -0.685. The van der Waals surface area contributed by atoms with E-state index >= 15 is 4.39 Å². The minimum Gasteiger partial charge on any atom is -0.366 e. The van der Waals surface area contributed by atoms with Crippen molar-refractivity contribution in [2.24, 2.45) is 0 Å². The molecule has 39 heavy (non-hydrogen) atoms. The van der Waals surface area contributed by atoms with Gasteiger partial charge in [0.15, 0.2) is 0 Å². The summed E-state index contributed by atoms with van der Waals surface area (Å²) in [5.41, 5.74) is 4.48. The topological polar surface area (TPSA) is 40.7 Å². The molecule has 0 atom stereocenters. The largest absolute Gasteiger partial charge is 0.366 e. The van der Waals surface area contributed by atoms with E-state index in [4.69, 9.17) is 0 Å². The first kappa shape index (κ1) is 24.3. The number of aromatic amines is 1. The Morgan fingerprint density at radius 2 is 1.18 bits per heavy atom. The minimum absolute atomic E-state index is 0.290. The summed E-state index contributed by atoms with van der Waals surface area (Å²) >= 11 is 0. The van der Waals surface area contributed by atoms with Gasteiger partial charge >= 0.3 is 0 Å². The Bertz CT molecular complexity index is 1630. The monoisotopic (exact) mass is 513 g/mol. The zero-order valence-corrected chi connectivity index (χ0v) is 21.0. The van der Waals surface area contributed by atoms with E-state index in [1.165, 1.54) is 18.2 Å². The van der Waals surface area contributed by atoms with Gasteiger partial charge in [-0.15, -0.1) is 0 Å². The number of nitrogens with zero attached hydrogens (tertiary/aromatic N) is 1. The molecule has 0 amide bonds. The maximum Gasteiger partial charge on any atom is 0.148 e. The van der Waals surface area contributed by atoms with Crippen molar-refractivity contribution in [2.75, 3.05) is 5.32 Å². The third-order valence-electron chi connectivity index (χ3n) is 6.93. The van der Waals surface area contributed by atoms with Gasteiger partial charge in [-0.05, 0) is 46.5 Å². The molecule has 5 heteroatoms. The van der Waals surface area contributed by atoms with Crippen molar-refractivity contribution >= 4 is 28.7 Å². The molecule has 0 spiro atoms. The molecule has 0 saturated carbocycles. The predicted octanol–water partition coefficient (Wildman–Crippen LogP) is 8.42. The Morgan fingerprint density at radius 1 is 0.641 bits per heavy atom. The first-order chi connectivity index (χ1) is 19.1. The fourth-order valence-corrected chi connectivity index (χ4v) is 5.01. The second kappa shape index (κ2) is 10.4. The lowest BCUT2D eigenvalue weighted by Crippen LogP contribution is -2.38. The molecule has 0 aliphatic heterocycles. The smallest absolute Gasteiger partial charge is 0.148 e. The Labute approximate surface area is 225 Å². The summed E-state index contributed by atoms with van der Waals surface area (Å²) < 4.78 is 29.0. The van der Waals surface area contributed by atoms with E-state index in [2.05, 4.69) is 51.9 Å². The van der Waals surface area contributed by atoms with Crippen LogP contribution in [0.4, 0.5) is 14.5 Å². The number of aromatic nitrogens is 2. The van der Waals surface area contributed by atoms with Gasteiger partial charge in [-0.25, -0.2) is 8.78 Å². The molecular formula is C34H25F2N3. The molecule has 0 bridgehead atoms. The van der Waals surface area contributed by atoms with E-state index < -0.39 is 11.4 Å². The highest BCUT2D eigenvalue weighted by Crippen LogP contribution is 2.41. The van der Waals surface area contributed by atoms with E-state index in [9.17, 15) is 4.39 Å². The van der Waals surface area contributed by atoms with Gasteiger partial charge in [0.1, 0.15) is 17.2 Å². The van der Waals surface area contributed by atoms with Crippen LogP contribution in [0, 0.1) is 11.6 Å². The molecule has 1 aromatic heterocycles. The van der Waals surface area contributed by atoms with Crippen LogP contribution < -0.4 is 5.32 Å². The highest BCUT2D eigenvalue weighted by Gasteiger charge is 2.37. The van der Waals surface area contributed by atoms with E-state index in [-0.39, 0.29) is 5.82 Å². The quantitative estimate of drug-likeness (QED) is 0.210. The third-order valence-corrected chi connectivity index (χ3v) is 6.93. The maximum atomic E-state index is 15.7. The highest BCUT2D eigenvalue weighted by atomic mass is 19.1. The molecule has 1 heterocycles. The second-order valence-electron chi connectivity index (χ2n) is 9.34. The molecule has 6 rings (SSSR count). The van der Waals surface area contributed by atoms with Crippen molar-refractivity contribution in [3.8, 4) is 0 Å². The number of H-pyrrole nitrogens is 1. The number of hydrogen-bond donors (Lipinski definition) is 2. The first-order valence-corrected chi connectivity index (χ1v) is 12.7. The zero-order valence-electron chi connectivity index (χ0n) is 21.0. The molecule has 6 aromatic rings. The number of anilines is 1. The van der Waals surface area contributed by atoms with Crippen LogP contribution in [0.3, 0.4) is 0 Å². The Kier molecular flexibility index (Phi) is 6.47. The van der Waals surface area contributed by atoms with E-state index in [1.807, 2.05) is 66.7 Å². The maximum absolute atomic E-state index is 15.7. The van der Waals surface area contributed by atoms with Gasteiger partial charge in [0.2, 0.25) is 0 Å². The van der Waals surface area contributed by atoms with Crippen LogP contribution in [0.25, 0.3) is 23.1 Å². The van der Waals surface area contributed by atoms with E-state index in [0.29, 0.717) is 16.9 Å². The normalized spacial score (nSPS) is 11.7. The van der Waals surface area contributed by atoms with Crippen LogP contribution in [0.5, 0.6) is 0 Å². The molecule has 190 valence electrons. The lowest BCUT2D eigenvalue weighted by Gasteiger charge is -2.38. The zero-order chi connectivity index (χ0) is 26.7. The third kappa shape index (κ3) is 4.71. The fourth-order valence-electron chi connectivity index (χ4n) is 5.01. The lowest BCUT2D eigenvalue weighted by atomic mass is 9.76. The Morgan fingerprint density at radius 3 is 1.72 bits per heavy atom. The van der Waals surface area contributed by atoms with Crippen LogP contribution in [0.15, 0.2) is 127 Å². The molecule has 0 saturated heterocycles. The van der Waals surface area contributed by atoms with Crippen LogP contribution in [0.2, 0.25) is 0 Å². The molecule has 5 aromatic carbocycles. The average Bonchev–Trinajstić information content (AvgIpc) is 3.38. The van der Waals surface area contributed by atoms with Gasteiger partial charge < -0.3 is 5.32 Å². The summed E-state index contributed by atoms with van der Waals surface area (Å²) in [5, 5.41) is 11.7. The van der Waals surface area contributed by atoms with Crippen molar-refractivity contribution in [1.29, 1.82) is 0 Å². The SMILES string of the molecule is Fc1ccc(C=Cc2n[nH]c3cc(F)c(NC(c4ccccc4)(c4ccccc4)c4ccccc4)cc23)cc1.